The first-order chi connectivity index (χ1) is 13.1. The van der Waals surface area contributed by atoms with Gasteiger partial charge >= 0.3 is 0 Å². The van der Waals surface area contributed by atoms with Crippen LogP contribution in [-0.2, 0) is 9.59 Å². The van der Waals surface area contributed by atoms with E-state index in [0.29, 0.717) is 5.69 Å². The van der Waals surface area contributed by atoms with Crippen molar-refractivity contribution in [3.05, 3.63) is 83.4 Å². The molecule has 1 heterocycles. The van der Waals surface area contributed by atoms with E-state index in [0.717, 1.165) is 5.56 Å². The van der Waals surface area contributed by atoms with Gasteiger partial charge in [0, 0.05) is 11.8 Å². The van der Waals surface area contributed by atoms with E-state index in [-0.39, 0.29) is 35.5 Å². The van der Waals surface area contributed by atoms with Crippen molar-refractivity contribution in [3.8, 4) is 0 Å². The molecule has 2 fully saturated rings. The van der Waals surface area contributed by atoms with Crippen molar-refractivity contribution < 1.29 is 9.59 Å². The summed E-state index contributed by atoms with van der Waals surface area (Å²) in [5.41, 5.74) is 5.37. The summed E-state index contributed by atoms with van der Waals surface area (Å²) in [5.74, 6) is -0.557. The lowest BCUT2D eigenvalue weighted by Gasteiger charge is -2.20. The Morgan fingerprint density at radius 2 is 1.48 bits per heavy atom. The Balaban J connectivity index is 1.56. The van der Waals surface area contributed by atoms with Crippen molar-refractivity contribution in [1.82, 2.24) is 0 Å². The van der Waals surface area contributed by atoms with Gasteiger partial charge in [-0.25, -0.2) is 4.90 Å². The number of carbonyl (C=O) groups is 2. The Morgan fingerprint density at radius 1 is 0.852 bits per heavy atom. The van der Waals surface area contributed by atoms with Gasteiger partial charge in [0.15, 0.2) is 0 Å². The third-order valence-corrected chi connectivity index (χ3v) is 6.32. The van der Waals surface area contributed by atoms with E-state index >= 15 is 0 Å². The summed E-state index contributed by atoms with van der Waals surface area (Å²) in [6.07, 6.45) is 4.27. The van der Waals surface area contributed by atoms with Crippen LogP contribution in [0, 0.1) is 30.6 Å². The van der Waals surface area contributed by atoms with Gasteiger partial charge in [-0.15, -0.1) is 0 Å². The molecule has 0 N–H and O–H groups in total. The predicted octanol–water partition coefficient (Wildman–Crippen LogP) is 4.39. The molecule has 0 radical (unpaired) electrons. The van der Waals surface area contributed by atoms with E-state index in [9.17, 15) is 9.59 Å². The maximum atomic E-state index is 13.3. The standard InChI is InChI=1S/C24H21NO2/c1-14-7-6-10-17(13-14)25-23(26)21-18-11-12-19(22(21)24(25)27)20(18)15(2)16-8-4-3-5-9-16/h3-13,18-19,21-22H,1-2H3/t18-,19-,21+,22+/m1/s1. The van der Waals surface area contributed by atoms with Crippen molar-refractivity contribution in [2.45, 2.75) is 13.8 Å². The third-order valence-electron chi connectivity index (χ3n) is 6.32. The van der Waals surface area contributed by atoms with E-state index in [1.165, 1.54) is 21.6 Å². The molecule has 3 heteroatoms. The molecule has 2 bridgehead atoms. The fourth-order valence-corrected chi connectivity index (χ4v) is 5.14. The van der Waals surface area contributed by atoms with Crippen molar-refractivity contribution in [1.29, 1.82) is 0 Å². The number of hydrogen-bond donors (Lipinski definition) is 0. The second-order valence-electron chi connectivity index (χ2n) is 7.79. The Labute approximate surface area is 159 Å². The predicted molar refractivity (Wildman–Crippen MR) is 106 cm³/mol. The Kier molecular flexibility index (Phi) is 3.48. The number of fused-ring (bicyclic) bond motifs is 5. The highest BCUT2D eigenvalue weighted by Crippen LogP contribution is 2.58. The van der Waals surface area contributed by atoms with Gasteiger partial charge in [0.05, 0.1) is 17.5 Å². The van der Waals surface area contributed by atoms with E-state index in [1.807, 2.05) is 49.4 Å². The number of anilines is 1. The number of benzene rings is 2. The largest absolute Gasteiger partial charge is 0.274 e. The Morgan fingerprint density at radius 3 is 2.07 bits per heavy atom. The Hall–Kier alpha value is -2.94. The number of imide groups is 1. The molecule has 0 unspecified atom stereocenters. The van der Waals surface area contributed by atoms with E-state index in [4.69, 9.17) is 0 Å². The zero-order valence-electron chi connectivity index (χ0n) is 15.4. The minimum atomic E-state index is -0.262. The molecular weight excluding hydrogens is 334 g/mol. The summed E-state index contributed by atoms with van der Waals surface area (Å²) < 4.78 is 0. The summed E-state index contributed by atoms with van der Waals surface area (Å²) >= 11 is 0. The van der Waals surface area contributed by atoms with Gasteiger partial charge < -0.3 is 0 Å². The van der Waals surface area contributed by atoms with E-state index in [2.05, 4.69) is 31.2 Å². The fourth-order valence-electron chi connectivity index (χ4n) is 5.14. The van der Waals surface area contributed by atoms with Gasteiger partial charge in [-0.05, 0) is 42.7 Å². The smallest absolute Gasteiger partial charge is 0.238 e. The molecule has 27 heavy (non-hydrogen) atoms. The quantitative estimate of drug-likeness (QED) is 0.592. The topological polar surface area (TPSA) is 37.4 Å². The molecule has 3 aliphatic rings. The zero-order chi connectivity index (χ0) is 18.7. The molecule has 2 aromatic carbocycles. The van der Waals surface area contributed by atoms with Crippen LogP contribution in [0.25, 0.3) is 5.57 Å². The molecule has 2 aliphatic carbocycles. The van der Waals surface area contributed by atoms with Crippen LogP contribution in [0.3, 0.4) is 0 Å². The molecule has 0 aromatic heterocycles. The highest BCUT2D eigenvalue weighted by molar-refractivity contribution is 6.23. The van der Waals surface area contributed by atoms with Crippen molar-refractivity contribution in [3.63, 3.8) is 0 Å². The molecule has 1 aliphatic heterocycles. The average Bonchev–Trinajstić information content (AvgIpc) is 3.31. The zero-order valence-corrected chi connectivity index (χ0v) is 15.4. The van der Waals surface area contributed by atoms with Gasteiger partial charge in [0.25, 0.3) is 0 Å². The van der Waals surface area contributed by atoms with Crippen LogP contribution in [0.1, 0.15) is 18.1 Å². The second-order valence-corrected chi connectivity index (χ2v) is 7.79. The molecular formula is C24H21NO2. The lowest BCUT2D eigenvalue weighted by Crippen LogP contribution is -2.33. The first kappa shape index (κ1) is 16.2. The summed E-state index contributed by atoms with van der Waals surface area (Å²) in [4.78, 5) is 27.9. The monoisotopic (exact) mass is 355 g/mol. The highest BCUT2D eigenvalue weighted by atomic mass is 16.2. The summed E-state index contributed by atoms with van der Waals surface area (Å²) in [6, 6.07) is 17.9. The highest BCUT2D eigenvalue weighted by Gasteiger charge is 2.62. The molecule has 134 valence electrons. The number of allylic oxidation sites excluding steroid dienone is 4. The Bertz CT molecular complexity index is 984. The average molecular weight is 355 g/mol. The molecule has 3 nitrogen and oxygen atoms in total. The number of nitrogens with zero attached hydrogens (tertiary/aromatic N) is 1. The number of rotatable bonds is 2. The first-order valence-corrected chi connectivity index (χ1v) is 9.47. The lowest BCUT2D eigenvalue weighted by atomic mass is 9.85. The second kappa shape index (κ2) is 5.78. The number of hydrogen-bond acceptors (Lipinski definition) is 2. The molecule has 1 saturated heterocycles. The minimum Gasteiger partial charge on any atom is -0.274 e. The van der Waals surface area contributed by atoms with Gasteiger partial charge in [-0.1, -0.05) is 60.2 Å². The van der Waals surface area contributed by atoms with Gasteiger partial charge in [-0.2, -0.15) is 0 Å². The molecule has 4 atom stereocenters. The molecule has 0 spiro atoms. The van der Waals surface area contributed by atoms with Crippen LogP contribution in [0.15, 0.2) is 72.3 Å². The van der Waals surface area contributed by atoms with Crippen molar-refractivity contribution >= 4 is 23.1 Å². The third kappa shape index (κ3) is 2.21. The number of aryl methyl sites for hydroxylation is 1. The van der Waals surface area contributed by atoms with Crippen LogP contribution < -0.4 is 4.90 Å². The van der Waals surface area contributed by atoms with Crippen LogP contribution in [0.5, 0.6) is 0 Å². The van der Waals surface area contributed by atoms with E-state index in [1.54, 1.807) is 0 Å². The number of amides is 2. The minimum absolute atomic E-state index is 0.0338. The van der Waals surface area contributed by atoms with E-state index < -0.39 is 0 Å². The van der Waals surface area contributed by atoms with Gasteiger partial charge in [0.1, 0.15) is 0 Å². The molecule has 2 amide bonds. The summed E-state index contributed by atoms with van der Waals surface area (Å²) in [6.45, 7) is 4.09. The molecule has 1 saturated carbocycles. The van der Waals surface area contributed by atoms with Crippen LogP contribution in [0.2, 0.25) is 0 Å². The van der Waals surface area contributed by atoms with Crippen LogP contribution in [-0.4, -0.2) is 11.8 Å². The normalized spacial score (nSPS) is 28.2. The molecule has 5 rings (SSSR count). The first-order valence-electron chi connectivity index (χ1n) is 9.47. The maximum Gasteiger partial charge on any atom is 0.238 e. The van der Waals surface area contributed by atoms with Gasteiger partial charge in [0.2, 0.25) is 11.8 Å². The van der Waals surface area contributed by atoms with Crippen molar-refractivity contribution in [2.24, 2.45) is 23.7 Å². The summed E-state index contributed by atoms with van der Waals surface area (Å²) in [5, 5.41) is 0. The fraction of sp³-hybridized carbons (Fsp3) is 0.250. The van der Waals surface area contributed by atoms with Crippen LogP contribution in [0.4, 0.5) is 5.69 Å². The maximum absolute atomic E-state index is 13.3. The van der Waals surface area contributed by atoms with Crippen LogP contribution >= 0.6 is 0 Å². The number of carbonyl (C=O) groups excluding carboxylic acids is 2. The summed E-state index contributed by atoms with van der Waals surface area (Å²) in [7, 11) is 0. The lowest BCUT2D eigenvalue weighted by molar-refractivity contribution is -0.122. The van der Waals surface area contributed by atoms with Crippen molar-refractivity contribution in [2.75, 3.05) is 4.90 Å². The molecule has 2 aromatic rings. The SMILES string of the molecule is CC(=C1[C@H]2C=C[C@H]1[C@@H]1C(=O)N(c3cccc(C)c3)C(=O)[C@H]12)c1ccccc1. The van der Waals surface area contributed by atoms with Gasteiger partial charge in [-0.3, -0.25) is 9.59 Å².